The molecule has 2 heterocycles. The van der Waals surface area contributed by atoms with Crippen LogP contribution < -0.4 is 5.73 Å². The number of aliphatic imine (C=N–C) groups is 1. The summed E-state index contributed by atoms with van der Waals surface area (Å²) in [6.45, 7) is 4.65. The van der Waals surface area contributed by atoms with Gasteiger partial charge < -0.3 is 20.3 Å². The molecule has 2 fully saturated rings. The molecule has 0 saturated carbocycles. The van der Waals surface area contributed by atoms with Crippen LogP contribution in [0.25, 0.3) is 0 Å². The highest BCUT2D eigenvalue weighted by atomic mass is 16.5. The van der Waals surface area contributed by atoms with Crippen LogP contribution in [-0.4, -0.2) is 67.6 Å². The van der Waals surface area contributed by atoms with Gasteiger partial charge in [0, 0.05) is 26.2 Å². The average Bonchev–Trinajstić information content (AvgIpc) is 2.46. The van der Waals surface area contributed by atoms with E-state index in [2.05, 4.69) is 9.89 Å². The lowest BCUT2D eigenvalue weighted by Gasteiger charge is -2.28. The largest absolute Gasteiger partial charge is 0.378 e. The molecular weight excluding hydrogens is 232 g/mol. The summed E-state index contributed by atoms with van der Waals surface area (Å²) in [5.41, 5.74) is 5.91. The molecule has 18 heavy (non-hydrogen) atoms. The molecule has 0 aliphatic carbocycles. The van der Waals surface area contributed by atoms with Crippen molar-refractivity contribution < 1.29 is 9.53 Å². The molecule has 0 aromatic heterocycles. The number of nitrogens with two attached hydrogens (primary N) is 1. The molecule has 0 radical (unpaired) electrons. The van der Waals surface area contributed by atoms with Crippen molar-refractivity contribution in [2.45, 2.75) is 19.3 Å². The average molecular weight is 254 g/mol. The molecule has 6 heteroatoms. The third kappa shape index (κ3) is 3.60. The first kappa shape index (κ1) is 13.1. The first-order valence-electron chi connectivity index (χ1n) is 6.68. The van der Waals surface area contributed by atoms with Crippen molar-refractivity contribution in [1.29, 1.82) is 0 Å². The van der Waals surface area contributed by atoms with Gasteiger partial charge in [-0.3, -0.25) is 4.79 Å². The zero-order valence-electron chi connectivity index (χ0n) is 10.8. The fraction of sp³-hybridized carbons (Fsp3) is 0.833. The van der Waals surface area contributed by atoms with Gasteiger partial charge in [0.05, 0.1) is 13.2 Å². The van der Waals surface area contributed by atoms with Gasteiger partial charge in [-0.05, 0) is 19.3 Å². The SMILES string of the molecule is NC(=NCC(=O)N1CCOCC1)N1CCCCC1. The number of carbonyl (C=O) groups is 1. The van der Waals surface area contributed by atoms with Gasteiger partial charge in [0.2, 0.25) is 5.91 Å². The number of hydrogen-bond donors (Lipinski definition) is 1. The van der Waals surface area contributed by atoms with Crippen molar-refractivity contribution in [3.05, 3.63) is 0 Å². The zero-order valence-corrected chi connectivity index (χ0v) is 10.8. The number of ether oxygens (including phenoxy) is 1. The number of piperidine rings is 1. The molecule has 102 valence electrons. The minimum Gasteiger partial charge on any atom is -0.378 e. The summed E-state index contributed by atoms with van der Waals surface area (Å²) in [7, 11) is 0. The van der Waals surface area contributed by atoms with E-state index in [0.717, 1.165) is 25.9 Å². The third-order valence-electron chi connectivity index (χ3n) is 3.42. The molecule has 0 spiro atoms. The van der Waals surface area contributed by atoms with Crippen LogP contribution in [0.3, 0.4) is 0 Å². The van der Waals surface area contributed by atoms with Crippen molar-refractivity contribution in [3.8, 4) is 0 Å². The van der Waals surface area contributed by atoms with Gasteiger partial charge in [-0.25, -0.2) is 4.99 Å². The van der Waals surface area contributed by atoms with Gasteiger partial charge in [-0.15, -0.1) is 0 Å². The summed E-state index contributed by atoms with van der Waals surface area (Å²) in [6.07, 6.45) is 3.58. The second-order valence-electron chi connectivity index (χ2n) is 4.72. The Bertz CT molecular complexity index is 307. The molecule has 2 rings (SSSR count). The van der Waals surface area contributed by atoms with Gasteiger partial charge in [0.15, 0.2) is 5.96 Å². The van der Waals surface area contributed by atoms with E-state index in [1.165, 1.54) is 6.42 Å². The quantitative estimate of drug-likeness (QED) is 0.540. The normalized spacial score (nSPS) is 22.1. The minimum atomic E-state index is 0.0401. The summed E-state index contributed by atoms with van der Waals surface area (Å²) in [6, 6.07) is 0. The van der Waals surface area contributed by atoms with E-state index >= 15 is 0 Å². The van der Waals surface area contributed by atoms with E-state index in [9.17, 15) is 4.79 Å². The number of carbonyl (C=O) groups excluding carboxylic acids is 1. The summed E-state index contributed by atoms with van der Waals surface area (Å²) in [4.78, 5) is 19.9. The van der Waals surface area contributed by atoms with Crippen LogP contribution in [0.5, 0.6) is 0 Å². The fourth-order valence-electron chi connectivity index (χ4n) is 2.28. The number of morpholine rings is 1. The Labute approximate surface area is 108 Å². The summed E-state index contributed by atoms with van der Waals surface area (Å²) in [5, 5.41) is 0. The number of guanidine groups is 1. The lowest BCUT2D eigenvalue weighted by Crippen LogP contribution is -2.44. The molecule has 2 N–H and O–H groups in total. The van der Waals surface area contributed by atoms with Gasteiger partial charge in [0.25, 0.3) is 0 Å². The Kier molecular flexibility index (Phi) is 4.81. The predicted molar refractivity (Wildman–Crippen MR) is 69.3 cm³/mol. The molecule has 2 aliphatic rings. The standard InChI is InChI=1S/C12H22N4O2/c13-12(16-4-2-1-3-5-16)14-10-11(17)15-6-8-18-9-7-15/h1-10H2,(H2,13,14). The van der Waals surface area contributed by atoms with Crippen molar-refractivity contribution in [2.75, 3.05) is 45.9 Å². The van der Waals surface area contributed by atoms with Gasteiger partial charge >= 0.3 is 0 Å². The van der Waals surface area contributed by atoms with E-state index in [-0.39, 0.29) is 12.5 Å². The number of likely N-dealkylation sites (tertiary alicyclic amines) is 1. The molecule has 6 nitrogen and oxygen atoms in total. The molecule has 1 amide bonds. The summed E-state index contributed by atoms with van der Waals surface area (Å²) >= 11 is 0. The number of amides is 1. The Morgan fingerprint density at radius 1 is 1.06 bits per heavy atom. The highest BCUT2D eigenvalue weighted by molar-refractivity contribution is 5.84. The molecule has 0 atom stereocenters. The maximum Gasteiger partial charge on any atom is 0.244 e. The van der Waals surface area contributed by atoms with E-state index in [4.69, 9.17) is 10.5 Å². The Morgan fingerprint density at radius 3 is 2.39 bits per heavy atom. The number of rotatable bonds is 2. The summed E-state index contributed by atoms with van der Waals surface area (Å²) in [5.74, 6) is 0.551. The maximum atomic E-state index is 11.9. The highest BCUT2D eigenvalue weighted by Crippen LogP contribution is 2.07. The lowest BCUT2D eigenvalue weighted by atomic mass is 10.1. The highest BCUT2D eigenvalue weighted by Gasteiger charge is 2.17. The van der Waals surface area contributed by atoms with Crippen LogP contribution in [0.2, 0.25) is 0 Å². The van der Waals surface area contributed by atoms with Crippen molar-refractivity contribution >= 4 is 11.9 Å². The zero-order chi connectivity index (χ0) is 12.8. The smallest absolute Gasteiger partial charge is 0.244 e. The monoisotopic (exact) mass is 254 g/mol. The first-order chi connectivity index (χ1) is 8.77. The van der Waals surface area contributed by atoms with E-state index in [0.29, 0.717) is 32.3 Å². The molecule has 0 aromatic carbocycles. The topological polar surface area (TPSA) is 71.2 Å². The number of nitrogens with zero attached hydrogens (tertiary/aromatic N) is 3. The van der Waals surface area contributed by atoms with Crippen molar-refractivity contribution in [2.24, 2.45) is 10.7 Å². The Balaban J connectivity index is 1.79. The Morgan fingerprint density at radius 2 is 1.72 bits per heavy atom. The van der Waals surface area contributed by atoms with Gasteiger partial charge in [-0.1, -0.05) is 0 Å². The molecule has 2 saturated heterocycles. The molecule has 0 aromatic rings. The summed E-state index contributed by atoms with van der Waals surface area (Å²) < 4.78 is 5.21. The van der Waals surface area contributed by atoms with Crippen molar-refractivity contribution in [3.63, 3.8) is 0 Å². The van der Waals surface area contributed by atoms with Gasteiger partial charge in [-0.2, -0.15) is 0 Å². The van der Waals surface area contributed by atoms with Crippen LogP contribution in [0, 0.1) is 0 Å². The van der Waals surface area contributed by atoms with Crippen LogP contribution in [0.4, 0.5) is 0 Å². The van der Waals surface area contributed by atoms with E-state index < -0.39 is 0 Å². The Hall–Kier alpha value is -1.30. The maximum absolute atomic E-state index is 11.9. The number of hydrogen-bond acceptors (Lipinski definition) is 3. The molecule has 0 unspecified atom stereocenters. The third-order valence-corrected chi connectivity index (χ3v) is 3.42. The van der Waals surface area contributed by atoms with Crippen LogP contribution >= 0.6 is 0 Å². The van der Waals surface area contributed by atoms with E-state index in [1.54, 1.807) is 4.90 Å². The van der Waals surface area contributed by atoms with Gasteiger partial charge in [0.1, 0.15) is 6.54 Å². The van der Waals surface area contributed by atoms with Crippen LogP contribution in [0.15, 0.2) is 4.99 Å². The molecular formula is C12H22N4O2. The van der Waals surface area contributed by atoms with Crippen molar-refractivity contribution in [1.82, 2.24) is 9.80 Å². The second kappa shape index (κ2) is 6.58. The van der Waals surface area contributed by atoms with Crippen LogP contribution in [-0.2, 0) is 9.53 Å². The second-order valence-corrected chi connectivity index (χ2v) is 4.72. The molecule has 0 bridgehead atoms. The predicted octanol–water partition coefficient (Wildman–Crippen LogP) is -0.354. The fourth-order valence-corrected chi connectivity index (χ4v) is 2.28. The van der Waals surface area contributed by atoms with E-state index in [1.807, 2.05) is 0 Å². The minimum absolute atomic E-state index is 0.0401. The lowest BCUT2D eigenvalue weighted by molar-refractivity contribution is -0.133. The van der Waals surface area contributed by atoms with Crippen LogP contribution in [0.1, 0.15) is 19.3 Å². The molecule has 2 aliphatic heterocycles. The first-order valence-corrected chi connectivity index (χ1v) is 6.68.